The number of hydrogen-bond donors (Lipinski definition) is 0. The maximum Gasteiger partial charge on any atom is 0.504 e. The van der Waals surface area contributed by atoms with Crippen molar-refractivity contribution in [2.45, 2.75) is 19.9 Å². The van der Waals surface area contributed by atoms with E-state index >= 15 is 0 Å². The molecule has 0 bridgehead atoms. The molecule has 0 unspecified atom stereocenters. The Balaban J connectivity index is 3.20. The van der Waals surface area contributed by atoms with Crippen LogP contribution in [-0.2, 0) is 19.3 Å². The maximum atomic E-state index is 5.49. The Bertz CT molecular complexity index is 394. The monoisotopic (exact) mass is 270 g/mol. The van der Waals surface area contributed by atoms with Crippen LogP contribution >= 0.6 is 0 Å². The Labute approximate surface area is 110 Å². The number of rotatable bonds is 6. The summed E-state index contributed by atoms with van der Waals surface area (Å²) in [5.41, 5.74) is 3.35. The molecule has 0 saturated heterocycles. The molecule has 0 amide bonds. The van der Waals surface area contributed by atoms with Crippen LogP contribution in [0.2, 0.25) is 0 Å². The molecule has 1 rings (SSSR count). The van der Waals surface area contributed by atoms with Crippen molar-refractivity contribution >= 4 is 8.80 Å². The Hall–Kier alpha value is -0.883. The van der Waals surface area contributed by atoms with Crippen molar-refractivity contribution in [3.05, 3.63) is 28.8 Å². The summed E-state index contributed by atoms with van der Waals surface area (Å²) in [6.45, 7) is 4.08. The molecule has 5 heteroatoms. The van der Waals surface area contributed by atoms with Crippen LogP contribution in [0.15, 0.2) is 12.1 Å². The van der Waals surface area contributed by atoms with Crippen molar-refractivity contribution < 1.29 is 18.0 Å². The van der Waals surface area contributed by atoms with Gasteiger partial charge in [0.2, 0.25) is 0 Å². The minimum Gasteiger partial charge on any atom is -0.496 e. The van der Waals surface area contributed by atoms with E-state index in [1.807, 2.05) is 13.0 Å². The van der Waals surface area contributed by atoms with Gasteiger partial charge < -0.3 is 18.0 Å². The molecule has 0 fully saturated rings. The van der Waals surface area contributed by atoms with E-state index < -0.39 is 8.80 Å². The first kappa shape index (κ1) is 15.2. The molecule has 4 nitrogen and oxygen atoms in total. The third-order valence-corrected chi connectivity index (χ3v) is 5.87. The Morgan fingerprint density at radius 2 is 1.39 bits per heavy atom. The minimum absolute atomic E-state index is 0.604. The zero-order chi connectivity index (χ0) is 13.8. The molecule has 0 heterocycles. The lowest BCUT2D eigenvalue weighted by Crippen LogP contribution is -2.46. The van der Waals surface area contributed by atoms with Crippen LogP contribution < -0.4 is 4.74 Å². The van der Waals surface area contributed by atoms with E-state index in [1.165, 1.54) is 0 Å². The highest BCUT2D eigenvalue weighted by Crippen LogP contribution is 2.29. The van der Waals surface area contributed by atoms with Crippen molar-refractivity contribution in [3.63, 3.8) is 0 Å². The van der Waals surface area contributed by atoms with Crippen LogP contribution in [0.3, 0.4) is 0 Å². The molecule has 0 atom stereocenters. The van der Waals surface area contributed by atoms with Gasteiger partial charge in [0, 0.05) is 32.9 Å². The van der Waals surface area contributed by atoms with E-state index in [1.54, 1.807) is 28.4 Å². The first-order chi connectivity index (χ1) is 8.53. The van der Waals surface area contributed by atoms with Crippen molar-refractivity contribution in [2.75, 3.05) is 28.4 Å². The molecule has 0 radical (unpaired) electrons. The molecule has 1 aromatic carbocycles. The van der Waals surface area contributed by atoms with Gasteiger partial charge in [-0.25, -0.2) is 0 Å². The summed E-state index contributed by atoms with van der Waals surface area (Å²) >= 11 is 0. The number of methoxy groups -OCH3 is 1. The molecular formula is C13H22O4Si. The molecule has 0 N–H and O–H groups in total. The lowest BCUT2D eigenvalue weighted by Gasteiger charge is -2.26. The summed E-state index contributed by atoms with van der Waals surface area (Å²) in [5.74, 6) is 0.887. The topological polar surface area (TPSA) is 36.9 Å². The summed E-state index contributed by atoms with van der Waals surface area (Å²) in [6, 6.07) is 4.73. The predicted molar refractivity (Wildman–Crippen MR) is 73.0 cm³/mol. The van der Waals surface area contributed by atoms with E-state index in [2.05, 4.69) is 13.0 Å². The zero-order valence-corrected chi connectivity index (χ0v) is 13.0. The van der Waals surface area contributed by atoms with Crippen LogP contribution in [0.25, 0.3) is 0 Å². The van der Waals surface area contributed by atoms with Crippen LogP contribution in [0.5, 0.6) is 5.75 Å². The van der Waals surface area contributed by atoms with E-state index in [-0.39, 0.29) is 0 Å². The summed E-state index contributed by atoms with van der Waals surface area (Å²) in [5, 5.41) is 0. The lowest BCUT2D eigenvalue weighted by atomic mass is 10.1. The predicted octanol–water partition coefficient (Wildman–Crippen LogP) is 2.27. The van der Waals surface area contributed by atoms with Gasteiger partial charge in [-0.15, -0.1) is 0 Å². The van der Waals surface area contributed by atoms with E-state index in [9.17, 15) is 0 Å². The van der Waals surface area contributed by atoms with Gasteiger partial charge in [0.05, 0.1) is 7.11 Å². The van der Waals surface area contributed by atoms with Crippen LogP contribution in [0, 0.1) is 13.8 Å². The van der Waals surface area contributed by atoms with E-state index in [4.69, 9.17) is 18.0 Å². The molecule has 1 aromatic rings. The number of aryl methyl sites for hydroxylation is 2. The van der Waals surface area contributed by atoms with Crippen molar-refractivity contribution in [1.82, 2.24) is 0 Å². The van der Waals surface area contributed by atoms with E-state index in [0.29, 0.717) is 6.04 Å². The normalized spacial score (nSPS) is 11.7. The molecular weight excluding hydrogens is 248 g/mol. The van der Waals surface area contributed by atoms with Gasteiger partial charge in [0.15, 0.2) is 0 Å². The maximum absolute atomic E-state index is 5.49. The molecule has 0 aromatic heterocycles. The number of ether oxygens (including phenoxy) is 1. The second-order valence-corrected chi connectivity index (χ2v) is 7.13. The van der Waals surface area contributed by atoms with Crippen molar-refractivity contribution in [3.8, 4) is 5.75 Å². The van der Waals surface area contributed by atoms with Gasteiger partial charge in [-0.05, 0) is 25.0 Å². The van der Waals surface area contributed by atoms with Gasteiger partial charge in [-0.2, -0.15) is 0 Å². The quantitative estimate of drug-likeness (QED) is 0.743. The van der Waals surface area contributed by atoms with Gasteiger partial charge in [-0.1, -0.05) is 12.1 Å². The number of hydrogen-bond acceptors (Lipinski definition) is 4. The molecule has 0 saturated carbocycles. The second-order valence-electron chi connectivity index (χ2n) is 4.18. The Morgan fingerprint density at radius 3 is 1.83 bits per heavy atom. The van der Waals surface area contributed by atoms with E-state index in [0.717, 1.165) is 22.4 Å². The highest BCUT2D eigenvalue weighted by molar-refractivity contribution is 6.60. The Morgan fingerprint density at radius 1 is 0.889 bits per heavy atom. The first-order valence-electron chi connectivity index (χ1n) is 5.82. The van der Waals surface area contributed by atoms with Crippen LogP contribution in [0.1, 0.15) is 16.7 Å². The Kier molecular flexibility index (Phi) is 5.34. The lowest BCUT2D eigenvalue weighted by molar-refractivity contribution is 0.122. The highest BCUT2D eigenvalue weighted by atomic mass is 28.4. The average Bonchev–Trinajstić information content (AvgIpc) is 2.40. The van der Waals surface area contributed by atoms with Gasteiger partial charge >= 0.3 is 8.80 Å². The third kappa shape index (κ3) is 2.92. The first-order valence-corrected chi connectivity index (χ1v) is 7.75. The fraction of sp³-hybridized carbons (Fsp3) is 0.538. The molecule has 102 valence electrons. The minimum atomic E-state index is -2.64. The molecule has 18 heavy (non-hydrogen) atoms. The standard InChI is InChI=1S/C13H22O4Si/c1-10-7-8-11(2)13(14-3)12(10)9-18(15-4,16-5)17-6/h7-8H,9H2,1-6H3. The van der Waals surface area contributed by atoms with Crippen LogP contribution in [-0.4, -0.2) is 37.2 Å². The largest absolute Gasteiger partial charge is 0.504 e. The average molecular weight is 270 g/mol. The summed E-state index contributed by atoms with van der Waals surface area (Å²) in [4.78, 5) is 0. The summed E-state index contributed by atoms with van der Waals surface area (Å²) < 4.78 is 21.9. The number of benzene rings is 1. The fourth-order valence-corrected chi connectivity index (χ4v) is 3.84. The van der Waals surface area contributed by atoms with Crippen molar-refractivity contribution in [2.24, 2.45) is 0 Å². The second kappa shape index (κ2) is 6.33. The fourth-order valence-electron chi connectivity index (χ4n) is 2.03. The van der Waals surface area contributed by atoms with Gasteiger partial charge in [-0.3, -0.25) is 0 Å². The molecule has 0 aliphatic carbocycles. The summed E-state index contributed by atoms with van der Waals surface area (Å²) in [7, 11) is 3.91. The van der Waals surface area contributed by atoms with Gasteiger partial charge in [0.25, 0.3) is 0 Å². The van der Waals surface area contributed by atoms with Crippen LogP contribution in [0.4, 0.5) is 0 Å². The zero-order valence-electron chi connectivity index (χ0n) is 12.0. The third-order valence-electron chi connectivity index (χ3n) is 3.22. The smallest absolute Gasteiger partial charge is 0.496 e. The van der Waals surface area contributed by atoms with Crippen molar-refractivity contribution in [1.29, 1.82) is 0 Å². The SMILES string of the molecule is COc1c(C)ccc(C)c1C[Si](OC)(OC)OC. The summed E-state index contributed by atoms with van der Waals surface area (Å²) in [6.07, 6.45) is 0. The highest BCUT2D eigenvalue weighted by Gasteiger charge is 2.39. The molecule has 0 spiro atoms. The van der Waals surface area contributed by atoms with Gasteiger partial charge in [0.1, 0.15) is 5.75 Å². The molecule has 0 aliphatic rings. The molecule has 0 aliphatic heterocycles.